The summed E-state index contributed by atoms with van der Waals surface area (Å²) in [5.74, 6) is 0.368. The molecule has 3 aromatic rings. The molecular formula is C26H26N2O6. The Balaban J connectivity index is 1.43. The van der Waals surface area contributed by atoms with E-state index in [4.69, 9.17) is 14.2 Å². The summed E-state index contributed by atoms with van der Waals surface area (Å²) in [5, 5.41) is 2.69. The van der Waals surface area contributed by atoms with Crippen molar-refractivity contribution in [2.24, 2.45) is 0 Å². The number of Topliss-reactive ketones (excluding diaryl/α,β-unsaturated/α-hetero) is 1. The van der Waals surface area contributed by atoms with E-state index in [1.165, 1.54) is 6.92 Å². The normalized spacial score (nSPS) is 12.2. The number of nitrogens with one attached hydrogen (secondary N) is 1. The van der Waals surface area contributed by atoms with Crippen LogP contribution in [0.5, 0.6) is 11.5 Å². The monoisotopic (exact) mass is 462 g/mol. The number of ketones is 1. The highest BCUT2D eigenvalue weighted by atomic mass is 16.6. The van der Waals surface area contributed by atoms with Crippen LogP contribution in [0, 0.1) is 13.8 Å². The lowest BCUT2D eigenvalue weighted by Crippen LogP contribution is -2.19. The molecule has 4 rings (SSSR count). The molecule has 0 bridgehead atoms. The van der Waals surface area contributed by atoms with Gasteiger partial charge in [0, 0.05) is 42.2 Å². The lowest BCUT2D eigenvalue weighted by atomic mass is 10.1. The van der Waals surface area contributed by atoms with Gasteiger partial charge >= 0.3 is 5.97 Å². The van der Waals surface area contributed by atoms with Crippen LogP contribution in [-0.4, -0.2) is 42.0 Å². The second kappa shape index (κ2) is 9.82. The van der Waals surface area contributed by atoms with Crippen molar-refractivity contribution in [1.82, 2.24) is 9.88 Å². The number of aromatic nitrogens is 1. The lowest BCUT2D eigenvalue weighted by molar-refractivity contribution is -0.119. The molecule has 8 nitrogen and oxygen atoms in total. The largest absolute Gasteiger partial charge is 0.486 e. The molecule has 0 saturated carbocycles. The molecule has 0 spiro atoms. The van der Waals surface area contributed by atoms with Crippen LogP contribution in [-0.2, 0) is 16.1 Å². The van der Waals surface area contributed by atoms with Crippen LogP contribution in [0.4, 0.5) is 0 Å². The number of amides is 1. The fraction of sp³-hybridized carbons (Fsp3) is 0.269. The number of carbonyl (C=O) groups is 3. The molecule has 1 aliphatic rings. The maximum atomic E-state index is 12.9. The number of nitrogens with zero attached hydrogens (tertiary/aromatic N) is 1. The van der Waals surface area contributed by atoms with Gasteiger partial charge in [0.25, 0.3) is 0 Å². The van der Waals surface area contributed by atoms with Crippen molar-refractivity contribution in [3.63, 3.8) is 0 Å². The van der Waals surface area contributed by atoms with E-state index in [1.807, 2.05) is 36.6 Å². The van der Waals surface area contributed by atoms with E-state index >= 15 is 0 Å². The number of esters is 1. The Morgan fingerprint density at radius 2 is 1.68 bits per heavy atom. The highest BCUT2D eigenvalue weighted by molar-refractivity contribution is 6.00. The van der Waals surface area contributed by atoms with Crippen molar-refractivity contribution in [1.29, 1.82) is 0 Å². The molecule has 1 N–H and O–H groups in total. The second-order valence-corrected chi connectivity index (χ2v) is 8.05. The molecule has 0 aliphatic carbocycles. The molecule has 0 atom stereocenters. The Kier molecular flexibility index (Phi) is 6.67. The van der Waals surface area contributed by atoms with Crippen LogP contribution in [0.3, 0.4) is 0 Å². The topological polar surface area (TPSA) is 95.9 Å². The zero-order valence-electron chi connectivity index (χ0n) is 19.3. The van der Waals surface area contributed by atoms with E-state index in [0.717, 1.165) is 22.6 Å². The number of hydrogen-bond acceptors (Lipinski definition) is 6. The quantitative estimate of drug-likeness (QED) is 0.426. The SMILES string of the molecule is CC(=O)NCc1ccc(C(=O)OCC(=O)c2cc(C)n(-c3ccc4c(c3)OCCO4)c2C)cc1. The van der Waals surface area contributed by atoms with Gasteiger partial charge in [-0.25, -0.2) is 4.79 Å². The van der Waals surface area contributed by atoms with Gasteiger partial charge in [0.1, 0.15) is 13.2 Å². The van der Waals surface area contributed by atoms with Crippen LogP contribution in [0.25, 0.3) is 5.69 Å². The van der Waals surface area contributed by atoms with Crippen LogP contribution in [0.2, 0.25) is 0 Å². The smallest absolute Gasteiger partial charge is 0.338 e. The molecule has 0 unspecified atom stereocenters. The lowest BCUT2D eigenvalue weighted by Gasteiger charge is -2.20. The predicted molar refractivity (Wildman–Crippen MR) is 125 cm³/mol. The molecule has 1 amide bonds. The van der Waals surface area contributed by atoms with Crippen molar-refractivity contribution >= 4 is 17.7 Å². The maximum absolute atomic E-state index is 12.9. The van der Waals surface area contributed by atoms with E-state index in [1.54, 1.807) is 30.3 Å². The fourth-order valence-electron chi connectivity index (χ4n) is 3.89. The summed E-state index contributed by atoms with van der Waals surface area (Å²) in [6.07, 6.45) is 0. The third-order valence-corrected chi connectivity index (χ3v) is 5.58. The summed E-state index contributed by atoms with van der Waals surface area (Å²) in [6.45, 7) is 6.23. The number of benzene rings is 2. The van der Waals surface area contributed by atoms with Crippen LogP contribution >= 0.6 is 0 Å². The van der Waals surface area contributed by atoms with Crippen molar-refractivity contribution < 1.29 is 28.6 Å². The van der Waals surface area contributed by atoms with Gasteiger partial charge in [-0.2, -0.15) is 0 Å². The molecule has 0 radical (unpaired) electrons. The first-order valence-corrected chi connectivity index (χ1v) is 11.0. The number of ether oxygens (including phenoxy) is 3. The Morgan fingerprint density at radius 1 is 0.971 bits per heavy atom. The van der Waals surface area contributed by atoms with E-state index in [-0.39, 0.29) is 18.3 Å². The van der Waals surface area contributed by atoms with Gasteiger partial charge in [-0.15, -0.1) is 0 Å². The maximum Gasteiger partial charge on any atom is 0.338 e. The number of carbonyl (C=O) groups excluding carboxylic acids is 3. The van der Waals surface area contributed by atoms with Crippen LogP contribution < -0.4 is 14.8 Å². The number of fused-ring (bicyclic) bond motifs is 1. The molecule has 34 heavy (non-hydrogen) atoms. The van der Waals surface area contributed by atoms with Crippen molar-refractivity contribution in [2.45, 2.75) is 27.3 Å². The van der Waals surface area contributed by atoms with Gasteiger partial charge in [0.2, 0.25) is 11.7 Å². The first kappa shape index (κ1) is 23.1. The molecule has 2 aromatic carbocycles. The van der Waals surface area contributed by atoms with Gasteiger partial charge in [0.15, 0.2) is 18.1 Å². The van der Waals surface area contributed by atoms with Crippen molar-refractivity contribution in [3.8, 4) is 17.2 Å². The first-order valence-electron chi connectivity index (χ1n) is 11.0. The highest BCUT2D eigenvalue weighted by Gasteiger charge is 2.20. The number of aryl methyl sites for hydroxylation is 1. The second-order valence-electron chi connectivity index (χ2n) is 8.05. The van der Waals surface area contributed by atoms with E-state index in [0.29, 0.717) is 42.4 Å². The predicted octanol–water partition coefficient (Wildman–Crippen LogP) is 3.54. The van der Waals surface area contributed by atoms with E-state index < -0.39 is 5.97 Å². The number of rotatable bonds is 7. The number of hydrogen-bond donors (Lipinski definition) is 1. The van der Waals surface area contributed by atoms with E-state index in [9.17, 15) is 14.4 Å². The molecule has 8 heteroatoms. The highest BCUT2D eigenvalue weighted by Crippen LogP contribution is 2.33. The summed E-state index contributed by atoms with van der Waals surface area (Å²) >= 11 is 0. The summed E-state index contributed by atoms with van der Waals surface area (Å²) < 4.78 is 18.5. The Labute approximate surface area is 197 Å². The van der Waals surface area contributed by atoms with E-state index in [2.05, 4.69) is 5.32 Å². The minimum atomic E-state index is -0.583. The van der Waals surface area contributed by atoms with Crippen LogP contribution in [0.1, 0.15) is 44.6 Å². The standard InChI is InChI=1S/C26H26N2O6/c1-16-12-22(17(2)28(16)21-8-9-24-25(13-21)33-11-10-32-24)23(30)15-34-26(31)20-6-4-19(5-7-20)14-27-18(3)29/h4-9,12-13H,10-11,14-15H2,1-3H3,(H,27,29). The van der Waals surface area contributed by atoms with Gasteiger partial charge in [0.05, 0.1) is 5.56 Å². The molecule has 0 saturated heterocycles. The van der Waals surface area contributed by atoms with Gasteiger partial charge in [-0.1, -0.05) is 12.1 Å². The Morgan fingerprint density at radius 3 is 2.38 bits per heavy atom. The minimum Gasteiger partial charge on any atom is -0.486 e. The zero-order valence-corrected chi connectivity index (χ0v) is 19.3. The van der Waals surface area contributed by atoms with Crippen molar-refractivity contribution in [2.75, 3.05) is 19.8 Å². The summed E-state index contributed by atoms with van der Waals surface area (Å²) in [6, 6.07) is 14.1. The molecular weight excluding hydrogens is 436 g/mol. The Bertz CT molecular complexity index is 1240. The van der Waals surface area contributed by atoms with Crippen LogP contribution in [0.15, 0.2) is 48.5 Å². The first-order chi connectivity index (χ1) is 16.3. The van der Waals surface area contributed by atoms with Gasteiger partial charge in [-0.05, 0) is 49.7 Å². The molecule has 1 aliphatic heterocycles. The average Bonchev–Trinajstić information content (AvgIpc) is 3.14. The summed E-state index contributed by atoms with van der Waals surface area (Å²) in [4.78, 5) is 36.3. The third-order valence-electron chi connectivity index (χ3n) is 5.58. The molecule has 0 fully saturated rings. The summed E-state index contributed by atoms with van der Waals surface area (Å²) in [5.41, 5.74) is 4.16. The zero-order chi connectivity index (χ0) is 24.2. The molecule has 1 aromatic heterocycles. The molecule has 176 valence electrons. The average molecular weight is 463 g/mol. The minimum absolute atomic E-state index is 0.129. The molecule has 2 heterocycles. The van der Waals surface area contributed by atoms with Crippen molar-refractivity contribution in [3.05, 3.63) is 76.6 Å². The summed E-state index contributed by atoms with van der Waals surface area (Å²) in [7, 11) is 0. The van der Waals surface area contributed by atoms with Gasteiger partial charge < -0.3 is 24.1 Å². The fourth-order valence-corrected chi connectivity index (χ4v) is 3.89. The Hall–Kier alpha value is -4.07. The third kappa shape index (κ3) is 4.96. The van der Waals surface area contributed by atoms with Gasteiger partial charge in [-0.3, -0.25) is 9.59 Å².